The van der Waals surface area contributed by atoms with Crippen molar-refractivity contribution in [1.82, 2.24) is 4.72 Å². The predicted molar refractivity (Wildman–Crippen MR) is 67.4 cm³/mol. The van der Waals surface area contributed by atoms with Crippen LogP contribution in [0.3, 0.4) is 0 Å². The third-order valence-corrected chi connectivity index (χ3v) is 2.41. The molecule has 1 N–H and O–H groups in total. The van der Waals surface area contributed by atoms with E-state index in [-0.39, 0.29) is 0 Å². The third-order valence-electron chi connectivity index (χ3n) is 1.99. The molecule has 0 spiro atoms. The largest absolute Gasteiger partial charge is 0.459 e. The minimum atomic E-state index is -2.80. The molecule has 100 valence electrons. The van der Waals surface area contributed by atoms with Crippen LogP contribution in [0, 0.1) is 0 Å². The summed E-state index contributed by atoms with van der Waals surface area (Å²) in [5.74, 6) is -0.667. The summed E-state index contributed by atoms with van der Waals surface area (Å²) < 4.78 is 30.4. The fourth-order valence-corrected chi connectivity index (χ4v) is 1.77. The quantitative estimate of drug-likeness (QED) is 0.676. The minimum Gasteiger partial charge on any atom is -0.459 e. The van der Waals surface area contributed by atoms with E-state index >= 15 is 0 Å². The number of esters is 1. The van der Waals surface area contributed by atoms with Gasteiger partial charge in [-0.25, -0.2) is 9.00 Å². The normalized spacial score (nSPS) is 14.9. The molecule has 4 nitrogen and oxygen atoms in total. The Morgan fingerprint density at radius 3 is 2.33 bits per heavy atom. The van der Waals surface area contributed by atoms with E-state index in [1.165, 1.54) is 0 Å². The van der Waals surface area contributed by atoms with Crippen LogP contribution in [0.5, 0.6) is 0 Å². The van der Waals surface area contributed by atoms with E-state index < -0.39 is 29.0 Å². The summed E-state index contributed by atoms with van der Waals surface area (Å²) in [6.07, 6.45) is 0. The van der Waals surface area contributed by atoms with Gasteiger partial charge in [0.1, 0.15) is 11.6 Å². The van der Waals surface area contributed by atoms with Gasteiger partial charge in [-0.1, -0.05) is 30.3 Å². The first-order chi connectivity index (χ1) is 8.29. The number of halogens is 1. The van der Waals surface area contributed by atoms with Crippen LogP contribution in [0.15, 0.2) is 30.3 Å². The molecule has 0 fully saturated rings. The molecule has 0 aromatic heterocycles. The summed E-state index contributed by atoms with van der Waals surface area (Å²) in [5, 5.41) is 0. The van der Waals surface area contributed by atoms with E-state index in [4.69, 9.17) is 4.74 Å². The summed E-state index contributed by atoms with van der Waals surface area (Å²) in [5.41, 5.74) is -0.193. The average Bonchev–Trinajstić information content (AvgIpc) is 2.24. The zero-order valence-electron chi connectivity index (χ0n) is 10.5. The highest BCUT2D eigenvalue weighted by Gasteiger charge is 2.27. The number of ether oxygens (including phenoxy) is 1. The van der Waals surface area contributed by atoms with Gasteiger partial charge in [0.25, 0.3) is 11.4 Å². The molecule has 2 atom stereocenters. The lowest BCUT2D eigenvalue weighted by Gasteiger charge is -2.23. The number of carbonyl (C=O) groups is 1. The maximum absolute atomic E-state index is 12.6. The van der Waals surface area contributed by atoms with Crippen molar-refractivity contribution >= 4 is 17.3 Å². The smallest absolute Gasteiger partial charge is 0.329 e. The predicted octanol–water partition coefficient (Wildman–Crippen LogP) is 2.21. The number of hydrogen-bond acceptors (Lipinski definition) is 3. The Morgan fingerprint density at radius 2 is 1.89 bits per heavy atom. The van der Waals surface area contributed by atoms with E-state index in [9.17, 15) is 12.9 Å². The van der Waals surface area contributed by atoms with Crippen LogP contribution in [-0.4, -0.2) is 15.8 Å². The Morgan fingerprint density at radius 1 is 1.33 bits per heavy atom. The van der Waals surface area contributed by atoms with Crippen LogP contribution in [0.25, 0.3) is 0 Å². The highest BCUT2D eigenvalue weighted by Crippen LogP contribution is 2.19. The number of hydrogen-bond donors (Lipinski definition) is 1. The standard InChI is InChI=1S/C12H16FNO3S/c1-12(2,3)17-11(15)10(14-18(13)16)9-7-5-4-6-8-9/h4-8,10,14H,1-3H3. The van der Waals surface area contributed by atoms with Crippen molar-refractivity contribution in [1.29, 1.82) is 0 Å². The van der Waals surface area contributed by atoms with E-state index in [1.54, 1.807) is 51.1 Å². The van der Waals surface area contributed by atoms with Gasteiger partial charge in [-0.2, -0.15) is 4.72 Å². The lowest BCUT2D eigenvalue weighted by molar-refractivity contribution is -0.157. The zero-order chi connectivity index (χ0) is 13.8. The zero-order valence-corrected chi connectivity index (χ0v) is 11.3. The molecule has 0 radical (unpaired) electrons. The van der Waals surface area contributed by atoms with Gasteiger partial charge in [-0.05, 0) is 26.3 Å². The molecule has 0 saturated heterocycles. The monoisotopic (exact) mass is 273 g/mol. The summed E-state index contributed by atoms with van der Waals surface area (Å²) in [6, 6.07) is 7.35. The highest BCUT2D eigenvalue weighted by molar-refractivity contribution is 7.77. The van der Waals surface area contributed by atoms with E-state index in [0.717, 1.165) is 0 Å². The molecule has 6 heteroatoms. The molecule has 0 saturated carbocycles. The first-order valence-electron chi connectivity index (χ1n) is 5.41. The average molecular weight is 273 g/mol. The molecule has 0 aliphatic carbocycles. The fraction of sp³-hybridized carbons (Fsp3) is 0.417. The van der Waals surface area contributed by atoms with Gasteiger partial charge < -0.3 is 4.74 Å². The molecule has 1 aromatic rings. The van der Waals surface area contributed by atoms with Crippen molar-refractivity contribution in [3.63, 3.8) is 0 Å². The molecule has 18 heavy (non-hydrogen) atoms. The molecule has 1 rings (SSSR count). The molecular formula is C12H16FNO3S. The van der Waals surface area contributed by atoms with E-state index in [1.807, 2.05) is 4.72 Å². The first-order valence-corrected chi connectivity index (χ1v) is 6.46. The molecule has 0 bridgehead atoms. The van der Waals surface area contributed by atoms with Crippen molar-refractivity contribution in [2.75, 3.05) is 0 Å². The molecule has 0 amide bonds. The summed E-state index contributed by atoms with van der Waals surface area (Å²) >= 11 is -2.80. The Labute approximate surface area is 108 Å². The number of benzene rings is 1. The maximum Gasteiger partial charge on any atom is 0.329 e. The Kier molecular flexibility index (Phi) is 4.98. The van der Waals surface area contributed by atoms with Crippen LogP contribution >= 0.6 is 0 Å². The van der Waals surface area contributed by atoms with Crippen LogP contribution < -0.4 is 4.72 Å². The van der Waals surface area contributed by atoms with Crippen LogP contribution in [0.4, 0.5) is 3.89 Å². The first kappa shape index (κ1) is 14.8. The molecular weight excluding hydrogens is 257 g/mol. The van der Waals surface area contributed by atoms with Crippen molar-refractivity contribution in [3.05, 3.63) is 35.9 Å². The Balaban J connectivity index is 2.92. The number of rotatable bonds is 4. The van der Waals surface area contributed by atoms with Gasteiger partial charge >= 0.3 is 5.97 Å². The summed E-state index contributed by atoms with van der Waals surface area (Å²) in [6.45, 7) is 5.12. The van der Waals surface area contributed by atoms with E-state index in [2.05, 4.69) is 0 Å². The Hall–Kier alpha value is -1.27. The number of nitrogens with one attached hydrogen (secondary N) is 1. The van der Waals surface area contributed by atoms with Crippen molar-refractivity contribution in [2.45, 2.75) is 32.4 Å². The second-order valence-electron chi connectivity index (χ2n) is 4.72. The van der Waals surface area contributed by atoms with Crippen molar-refractivity contribution in [2.24, 2.45) is 0 Å². The maximum atomic E-state index is 12.6. The summed E-state index contributed by atoms with van der Waals surface area (Å²) in [7, 11) is 0. The molecule has 1 aromatic carbocycles. The molecule has 0 aliphatic heterocycles. The topological polar surface area (TPSA) is 55.4 Å². The minimum absolute atomic E-state index is 0.498. The lowest BCUT2D eigenvalue weighted by atomic mass is 10.1. The van der Waals surface area contributed by atoms with Gasteiger partial charge in [0, 0.05) is 0 Å². The second kappa shape index (κ2) is 6.06. The van der Waals surface area contributed by atoms with E-state index in [0.29, 0.717) is 5.56 Å². The lowest BCUT2D eigenvalue weighted by Crippen LogP contribution is -2.35. The van der Waals surface area contributed by atoms with Crippen molar-refractivity contribution in [3.8, 4) is 0 Å². The van der Waals surface area contributed by atoms with Gasteiger partial charge in [0.15, 0.2) is 0 Å². The SMILES string of the molecule is CC(C)(C)OC(=O)C(NS(=O)F)c1ccccc1. The summed E-state index contributed by atoms with van der Waals surface area (Å²) in [4.78, 5) is 11.9. The van der Waals surface area contributed by atoms with Crippen LogP contribution in [0.1, 0.15) is 32.4 Å². The third kappa shape index (κ3) is 4.93. The Bertz CT molecular complexity index is 431. The molecule has 0 heterocycles. The fourth-order valence-electron chi connectivity index (χ4n) is 1.35. The van der Waals surface area contributed by atoms with Crippen molar-refractivity contribution < 1.29 is 17.6 Å². The van der Waals surface area contributed by atoms with Gasteiger partial charge in [0.05, 0.1) is 0 Å². The van der Waals surface area contributed by atoms with Crippen LogP contribution in [0.2, 0.25) is 0 Å². The molecule has 2 unspecified atom stereocenters. The molecule has 0 aliphatic rings. The van der Waals surface area contributed by atoms with Crippen LogP contribution in [-0.2, 0) is 20.9 Å². The second-order valence-corrected chi connectivity index (χ2v) is 5.40. The number of carbonyl (C=O) groups excluding carboxylic acids is 1. The highest BCUT2D eigenvalue weighted by atomic mass is 32.2. The van der Waals surface area contributed by atoms with Gasteiger partial charge in [0.2, 0.25) is 0 Å². The van der Waals surface area contributed by atoms with Gasteiger partial charge in [-0.15, -0.1) is 3.89 Å². The van der Waals surface area contributed by atoms with Gasteiger partial charge in [-0.3, -0.25) is 0 Å².